The van der Waals surface area contributed by atoms with Gasteiger partial charge in [0.05, 0.1) is 6.20 Å². The van der Waals surface area contributed by atoms with Crippen LogP contribution < -0.4 is 4.74 Å². The molecule has 1 heterocycles. The monoisotopic (exact) mass is 269 g/mol. The number of hydrogen-bond donors (Lipinski definition) is 1. The van der Waals surface area contributed by atoms with Crippen molar-refractivity contribution < 1.29 is 14.3 Å². The molecule has 0 bridgehead atoms. The molecule has 1 aromatic heterocycles. The zero-order valence-corrected chi connectivity index (χ0v) is 9.27. The number of ether oxygens (including phenoxy) is 1. The first-order valence-electron chi connectivity index (χ1n) is 4.26. The molecule has 0 unspecified atom stereocenters. The normalized spacial score (nSPS) is 10.2. The van der Waals surface area contributed by atoms with Crippen LogP contribution in [0.1, 0.15) is 5.76 Å². The van der Waals surface area contributed by atoms with Gasteiger partial charge in [0, 0.05) is 22.0 Å². The number of phenols is 1. The fraction of sp³-hybridized carbons (Fsp3) is 0.100. The van der Waals surface area contributed by atoms with Crippen molar-refractivity contribution in [2.45, 2.75) is 6.61 Å². The van der Waals surface area contributed by atoms with Gasteiger partial charge >= 0.3 is 0 Å². The standard InChI is InChI=1S/C10H8BrNO3/c11-10-12-5-9(15-10)6-14-8-3-1-2-7(13)4-8/h1-5,13H,6H2. The largest absolute Gasteiger partial charge is 0.508 e. The molecule has 0 aliphatic carbocycles. The molecule has 0 aliphatic rings. The molecule has 2 aromatic rings. The van der Waals surface area contributed by atoms with E-state index in [0.717, 1.165) is 0 Å². The van der Waals surface area contributed by atoms with Crippen LogP contribution in [0.25, 0.3) is 0 Å². The van der Waals surface area contributed by atoms with Crippen LogP contribution in [0.4, 0.5) is 0 Å². The van der Waals surface area contributed by atoms with E-state index >= 15 is 0 Å². The lowest BCUT2D eigenvalue weighted by molar-refractivity contribution is 0.266. The smallest absolute Gasteiger partial charge is 0.264 e. The molecule has 5 heteroatoms. The Morgan fingerprint density at radius 3 is 3.00 bits per heavy atom. The van der Waals surface area contributed by atoms with Gasteiger partial charge in [0.25, 0.3) is 4.80 Å². The molecule has 1 N–H and O–H groups in total. The molecule has 0 saturated heterocycles. The van der Waals surface area contributed by atoms with Gasteiger partial charge in [-0.25, -0.2) is 4.98 Å². The minimum absolute atomic E-state index is 0.172. The Bertz CT molecular complexity index is 455. The molecule has 1 aromatic carbocycles. The fourth-order valence-corrected chi connectivity index (χ4v) is 1.39. The number of rotatable bonds is 3. The van der Waals surface area contributed by atoms with Gasteiger partial charge in [-0.3, -0.25) is 0 Å². The van der Waals surface area contributed by atoms with Gasteiger partial charge in [0.15, 0.2) is 5.76 Å². The SMILES string of the molecule is Oc1cccc(OCc2cnc(Br)o2)c1. The lowest BCUT2D eigenvalue weighted by atomic mass is 10.3. The van der Waals surface area contributed by atoms with E-state index in [9.17, 15) is 5.11 Å². The topological polar surface area (TPSA) is 55.5 Å². The molecule has 0 atom stereocenters. The van der Waals surface area contributed by atoms with Crippen LogP contribution in [-0.2, 0) is 6.61 Å². The summed E-state index contributed by atoms with van der Waals surface area (Å²) in [6, 6.07) is 6.58. The van der Waals surface area contributed by atoms with Gasteiger partial charge in [0.1, 0.15) is 18.1 Å². The van der Waals surface area contributed by atoms with E-state index in [1.165, 1.54) is 6.07 Å². The van der Waals surface area contributed by atoms with Gasteiger partial charge in [0.2, 0.25) is 0 Å². The van der Waals surface area contributed by atoms with Crippen LogP contribution in [0, 0.1) is 0 Å². The van der Waals surface area contributed by atoms with Crippen molar-refractivity contribution in [3.63, 3.8) is 0 Å². The number of nitrogens with zero attached hydrogens (tertiary/aromatic N) is 1. The van der Waals surface area contributed by atoms with Crippen LogP contribution in [-0.4, -0.2) is 10.1 Å². The van der Waals surface area contributed by atoms with E-state index < -0.39 is 0 Å². The molecule has 0 aliphatic heterocycles. The Balaban J connectivity index is 1.99. The maximum atomic E-state index is 9.19. The van der Waals surface area contributed by atoms with E-state index in [-0.39, 0.29) is 12.4 Å². The first kappa shape index (κ1) is 10.0. The number of oxazole rings is 1. The van der Waals surface area contributed by atoms with Crippen LogP contribution >= 0.6 is 15.9 Å². The highest BCUT2D eigenvalue weighted by molar-refractivity contribution is 9.10. The van der Waals surface area contributed by atoms with Crippen LogP contribution in [0.2, 0.25) is 0 Å². The van der Waals surface area contributed by atoms with Crippen LogP contribution in [0.5, 0.6) is 11.5 Å². The van der Waals surface area contributed by atoms with Gasteiger partial charge in [-0.05, 0) is 12.1 Å². The number of aromatic hydroxyl groups is 1. The summed E-state index contributed by atoms with van der Waals surface area (Å²) in [6.45, 7) is 0.280. The summed E-state index contributed by atoms with van der Waals surface area (Å²) in [5, 5.41) is 9.19. The molecule has 4 nitrogen and oxygen atoms in total. The number of hydrogen-bond acceptors (Lipinski definition) is 4. The quantitative estimate of drug-likeness (QED) is 0.931. The van der Waals surface area contributed by atoms with E-state index in [2.05, 4.69) is 20.9 Å². The van der Waals surface area contributed by atoms with E-state index in [4.69, 9.17) is 9.15 Å². The summed E-state index contributed by atoms with van der Waals surface area (Å²) in [5.41, 5.74) is 0. The predicted octanol–water partition coefficient (Wildman–Crippen LogP) is 2.72. The van der Waals surface area contributed by atoms with Gasteiger partial charge < -0.3 is 14.3 Å². The fourth-order valence-electron chi connectivity index (χ4n) is 1.08. The average Bonchev–Trinajstić information content (AvgIpc) is 2.62. The third kappa shape index (κ3) is 2.73. The number of aromatic nitrogens is 1. The highest BCUT2D eigenvalue weighted by atomic mass is 79.9. The number of halogens is 1. The first-order valence-corrected chi connectivity index (χ1v) is 5.05. The Morgan fingerprint density at radius 1 is 1.47 bits per heavy atom. The maximum Gasteiger partial charge on any atom is 0.264 e. The second kappa shape index (κ2) is 4.35. The first-order chi connectivity index (χ1) is 7.24. The Kier molecular flexibility index (Phi) is 2.91. The molecule has 0 saturated carbocycles. The van der Waals surface area contributed by atoms with E-state index in [1.807, 2.05) is 0 Å². The van der Waals surface area contributed by atoms with Gasteiger partial charge in [-0.15, -0.1) is 0 Å². The van der Waals surface area contributed by atoms with Crippen LogP contribution in [0.3, 0.4) is 0 Å². The summed E-state index contributed by atoms with van der Waals surface area (Å²) in [6.07, 6.45) is 1.58. The number of benzene rings is 1. The van der Waals surface area contributed by atoms with E-state index in [0.29, 0.717) is 16.3 Å². The third-order valence-corrected chi connectivity index (χ3v) is 2.09. The number of phenolic OH excluding ortho intramolecular Hbond substituents is 1. The molecular weight excluding hydrogens is 262 g/mol. The van der Waals surface area contributed by atoms with Crippen molar-refractivity contribution in [2.24, 2.45) is 0 Å². The molecule has 0 fully saturated rings. The summed E-state index contributed by atoms with van der Waals surface area (Å²) < 4.78 is 10.5. The molecule has 0 amide bonds. The zero-order valence-electron chi connectivity index (χ0n) is 7.68. The summed E-state index contributed by atoms with van der Waals surface area (Å²) in [5.74, 6) is 1.37. The van der Waals surface area contributed by atoms with Crippen molar-refractivity contribution in [2.75, 3.05) is 0 Å². The zero-order chi connectivity index (χ0) is 10.7. The van der Waals surface area contributed by atoms with Crippen molar-refractivity contribution in [3.8, 4) is 11.5 Å². The van der Waals surface area contributed by atoms with Crippen molar-refractivity contribution >= 4 is 15.9 Å². The van der Waals surface area contributed by atoms with Crippen molar-refractivity contribution in [1.82, 2.24) is 4.98 Å². The third-order valence-electron chi connectivity index (χ3n) is 1.72. The highest BCUT2D eigenvalue weighted by Crippen LogP contribution is 2.19. The van der Waals surface area contributed by atoms with E-state index in [1.54, 1.807) is 24.4 Å². The summed E-state index contributed by atoms with van der Waals surface area (Å²) in [7, 11) is 0. The summed E-state index contributed by atoms with van der Waals surface area (Å²) >= 11 is 3.10. The molecule has 0 radical (unpaired) electrons. The minimum Gasteiger partial charge on any atom is -0.508 e. The lowest BCUT2D eigenvalue weighted by Gasteiger charge is -2.03. The predicted molar refractivity (Wildman–Crippen MR) is 56.6 cm³/mol. The molecule has 0 spiro atoms. The Morgan fingerprint density at radius 2 is 2.33 bits per heavy atom. The highest BCUT2D eigenvalue weighted by Gasteiger charge is 2.02. The molecule has 15 heavy (non-hydrogen) atoms. The van der Waals surface area contributed by atoms with Crippen LogP contribution in [0.15, 0.2) is 39.7 Å². The van der Waals surface area contributed by atoms with Crippen molar-refractivity contribution in [3.05, 3.63) is 41.0 Å². The maximum absolute atomic E-state index is 9.19. The Hall–Kier alpha value is -1.49. The van der Waals surface area contributed by atoms with Gasteiger partial charge in [-0.2, -0.15) is 0 Å². The second-order valence-electron chi connectivity index (χ2n) is 2.87. The average molecular weight is 270 g/mol. The van der Waals surface area contributed by atoms with Crippen molar-refractivity contribution in [1.29, 1.82) is 0 Å². The molecule has 2 rings (SSSR count). The molecular formula is C10H8BrNO3. The Labute approximate surface area is 94.6 Å². The molecule has 78 valence electrons. The lowest BCUT2D eigenvalue weighted by Crippen LogP contribution is -1.93. The minimum atomic E-state index is 0.172. The summed E-state index contributed by atoms with van der Waals surface area (Å²) in [4.78, 5) is 4.29. The second-order valence-corrected chi connectivity index (χ2v) is 3.54. The van der Waals surface area contributed by atoms with Gasteiger partial charge in [-0.1, -0.05) is 6.07 Å².